The molecule has 0 aliphatic carbocycles. The lowest BCUT2D eigenvalue weighted by atomic mass is 9.76. The summed E-state index contributed by atoms with van der Waals surface area (Å²) in [6.07, 6.45) is 11.2. The van der Waals surface area contributed by atoms with Crippen LogP contribution in [0.5, 0.6) is 0 Å². The third-order valence-corrected chi connectivity index (χ3v) is 7.12. The zero-order chi connectivity index (χ0) is 22.9. The summed E-state index contributed by atoms with van der Waals surface area (Å²) in [4.78, 5) is 22.7. The molecule has 33 heavy (non-hydrogen) atoms. The third-order valence-electron chi connectivity index (χ3n) is 7.12. The van der Waals surface area contributed by atoms with Crippen molar-refractivity contribution in [2.45, 2.75) is 51.6 Å². The minimum atomic E-state index is -0.440. The average molecular weight is 448 g/mol. The second kappa shape index (κ2) is 11.6. The predicted molar refractivity (Wildman–Crippen MR) is 133 cm³/mol. The molecule has 176 valence electrons. The number of allylic oxidation sites excluding steroid dienone is 1. The molecule has 4 rings (SSSR count). The van der Waals surface area contributed by atoms with Gasteiger partial charge in [-0.1, -0.05) is 48.6 Å². The fraction of sp³-hybridized carbons (Fsp3) is 0.500. The highest BCUT2D eigenvalue weighted by Gasteiger charge is 2.44. The van der Waals surface area contributed by atoms with Crippen molar-refractivity contribution in [2.24, 2.45) is 5.41 Å². The molecule has 0 spiro atoms. The fourth-order valence-corrected chi connectivity index (χ4v) is 5.33. The van der Waals surface area contributed by atoms with E-state index in [1.807, 2.05) is 37.4 Å². The number of carbonyl (C=O) groups is 1. The van der Waals surface area contributed by atoms with Gasteiger partial charge in [-0.15, -0.1) is 0 Å². The van der Waals surface area contributed by atoms with Gasteiger partial charge in [-0.25, -0.2) is 0 Å². The van der Waals surface area contributed by atoms with E-state index in [-0.39, 0.29) is 5.97 Å². The molecule has 3 heterocycles. The second-order valence-electron chi connectivity index (χ2n) is 9.42. The molecule has 2 aliphatic rings. The van der Waals surface area contributed by atoms with Gasteiger partial charge >= 0.3 is 5.97 Å². The summed E-state index contributed by atoms with van der Waals surface area (Å²) in [5.74, 6) is -0.0278. The van der Waals surface area contributed by atoms with Crippen molar-refractivity contribution in [3.8, 4) is 0 Å². The van der Waals surface area contributed by atoms with Gasteiger partial charge in [0.1, 0.15) is 0 Å². The topological polar surface area (TPSA) is 45.7 Å². The van der Waals surface area contributed by atoms with E-state index >= 15 is 0 Å². The fourth-order valence-electron chi connectivity index (χ4n) is 5.33. The number of hydrogen-bond donors (Lipinski definition) is 0. The van der Waals surface area contributed by atoms with Crippen molar-refractivity contribution >= 4 is 12.0 Å². The Morgan fingerprint density at radius 3 is 2.64 bits per heavy atom. The van der Waals surface area contributed by atoms with Crippen LogP contribution in [0.3, 0.4) is 0 Å². The molecular formula is C28H37N3O2. The van der Waals surface area contributed by atoms with Crippen molar-refractivity contribution < 1.29 is 9.53 Å². The number of ether oxygens (including phenoxy) is 1. The highest BCUT2D eigenvalue weighted by Crippen LogP contribution is 2.37. The van der Waals surface area contributed by atoms with Crippen molar-refractivity contribution in [1.82, 2.24) is 14.8 Å². The molecule has 0 bridgehead atoms. The molecule has 2 aliphatic heterocycles. The molecule has 0 amide bonds. The Bertz CT molecular complexity index is 894. The zero-order valence-corrected chi connectivity index (χ0v) is 19.9. The monoisotopic (exact) mass is 447 g/mol. The Morgan fingerprint density at radius 2 is 1.91 bits per heavy atom. The van der Waals surface area contributed by atoms with Gasteiger partial charge in [-0.05, 0) is 63.3 Å². The second-order valence-corrected chi connectivity index (χ2v) is 9.42. The molecule has 0 N–H and O–H groups in total. The van der Waals surface area contributed by atoms with Gasteiger partial charge in [-0.2, -0.15) is 0 Å². The Hall–Kier alpha value is -2.50. The summed E-state index contributed by atoms with van der Waals surface area (Å²) in [5.41, 5.74) is 1.87. The molecule has 2 saturated heterocycles. The number of aromatic nitrogens is 1. The average Bonchev–Trinajstić information content (AvgIpc) is 2.86. The highest BCUT2D eigenvalue weighted by molar-refractivity contribution is 5.78. The maximum Gasteiger partial charge on any atom is 0.313 e. The molecule has 2 aromatic rings. The first kappa shape index (κ1) is 23.7. The van der Waals surface area contributed by atoms with Crippen LogP contribution in [0, 0.1) is 5.41 Å². The summed E-state index contributed by atoms with van der Waals surface area (Å²) < 4.78 is 5.59. The van der Waals surface area contributed by atoms with Crippen molar-refractivity contribution in [2.75, 3.05) is 32.8 Å². The van der Waals surface area contributed by atoms with Gasteiger partial charge in [0.15, 0.2) is 0 Å². The van der Waals surface area contributed by atoms with E-state index in [2.05, 4.69) is 51.2 Å². The largest absolute Gasteiger partial charge is 0.466 e. The number of nitrogens with zero attached hydrogens (tertiary/aromatic N) is 3. The van der Waals surface area contributed by atoms with Gasteiger partial charge < -0.3 is 4.74 Å². The normalized spacial score (nSPS) is 23.1. The number of hydrogen-bond acceptors (Lipinski definition) is 5. The lowest BCUT2D eigenvalue weighted by molar-refractivity contribution is -0.160. The van der Waals surface area contributed by atoms with Gasteiger partial charge in [0.05, 0.1) is 17.7 Å². The molecule has 5 heteroatoms. The first-order valence-corrected chi connectivity index (χ1v) is 12.4. The van der Waals surface area contributed by atoms with Crippen LogP contribution in [-0.4, -0.2) is 59.6 Å². The Balaban J connectivity index is 1.38. The van der Waals surface area contributed by atoms with E-state index in [9.17, 15) is 4.79 Å². The Labute approximate surface area is 198 Å². The van der Waals surface area contributed by atoms with Crippen LogP contribution in [0.25, 0.3) is 6.08 Å². The van der Waals surface area contributed by atoms with Crippen molar-refractivity contribution in [3.63, 3.8) is 0 Å². The smallest absolute Gasteiger partial charge is 0.313 e. The minimum absolute atomic E-state index is 0.0278. The van der Waals surface area contributed by atoms with Gasteiger partial charge in [0.25, 0.3) is 0 Å². The van der Waals surface area contributed by atoms with Crippen LogP contribution in [0.15, 0.2) is 60.8 Å². The summed E-state index contributed by atoms with van der Waals surface area (Å²) in [7, 11) is 0. The first-order chi connectivity index (χ1) is 16.2. The number of pyridine rings is 1. The van der Waals surface area contributed by atoms with Crippen LogP contribution >= 0.6 is 0 Å². The van der Waals surface area contributed by atoms with Gasteiger partial charge in [-0.3, -0.25) is 19.6 Å². The number of rotatable bonds is 8. The van der Waals surface area contributed by atoms with E-state index in [0.29, 0.717) is 12.6 Å². The van der Waals surface area contributed by atoms with Crippen LogP contribution in [0.2, 0.25) is 0 Å². The molecule has 1 aromatic heterocycles. The molecule has 0 saturated carbocycles. The van der Waals surface area contributed by atoms with E-state index in [1.54, 1.807) is 0 Å². The minimum Gasteiger partial charge on any atom is -0.466 e. The quantitative estimate of drug-likeness (QED) is 0.544. The molecule has 0 radical (unpaired) electrons. The Morgan fingerprint density at radius 1 is 1.12 bits per heavy atom. The molecule has 5 nitrogen and oxygen atoms in total. The van der Waals surface area contributed by atoms with Crippen LogP contribution in [-0.2, 0) is 16.1 Å². The molecule has 2 fully saturated rings. The Kier molecular flexibility index (Phi) is 8.30. The highest BCUT2D eigenvalue weighted by atomic mass is 16.5. The zero-order valence-electron chi connectivity index (χ0n) is 19.9. The first-order valence-electron chi connectivity index (χ1n) is 12.4. The SMILES string of the molecule is CCOC(=O)C1(CC=Cc2ccccc2)CCCN(C2CCN(Cc3ccccn3)CC2)C1. The summed E-state index contributed by atoms with van der Waals surface area (Å²) in [6, 6.07) is 17.0. The standard InChI is InChI=1S/C28H37N3O2/c1-2-33-27(32)28(16-8-12-24-10-4-3-5-11-24)17-9-19-31(23-28)26-14-20-30(21-15-26)22-25-13-6-7-18-29-25/h3-8,10-13,18,26H,2,9,14-17,19-23H2,1H3. The number of esters is 1. The van der Waals surface area contributed by atoms with Gasteiger partial charge in [0.2, 0.25) is 0 Å². The van der Waals surface area contributed by atoms with E-state index in [4.69, 9.17) is 4.74 Å². The maximum atomic E-state index is 13.1. The van der Waals surface area contributed by atoms with Gasteiger partial charge in [0, 0.05) is 38.4 Å². The molecular weight excluding hydrogens is 410 g/mol. The molecule has 1 aromatic carbocycles. The van der Waals surface area contributed by atoms with Crippen LogP contribution in [0.1, 0.15) is 50.3 Å². The summed E-state index contributed by atoms with van der Waals surface area (Å²) in [5, 5.41) is 0. The van der Waals surface area contributed by atoms with Crippen LogP contribution in [0.4, 0.5) is 0 Å². The van der Waals surface area contributed by atoms with Crippen LogP contribution < -0.4 is 0 Å². The lowest BCUT2D eigenvalue weighted by Gasteiger charge is -2.46. The maximum absolute atomic E-state index is 13.1. The van der Waals surface area contributed by atoms with Crippen molar-refractivity contribution in [1.29, 1.82) is 0 Å². The predicted octanol–water partition coefficient (Wildman–Crippen LogP) is 4.79. The summed E-state index contributed by atoms with van der Waals surface area (Å²) >= 11 is 0. The van der Waals surface area contributed by atoms with E-state index in [0.717, 1.165) is 70.5 Å². The number of likely N-dealkylation sites (tertiary alicyclic amines) is 2. The third kappa shape index (κ3) is 6.30. The molecule has 1 atom stereocenters. The van der Waals surface area contributed by atoms with Crippen molar-refractivity contribution in [3.05, 3.63) is 72.1 Å². The number of carbonyl (C=O) groups excluding carboxylic acids is 1. The lowest BCUT2D eigenvalue weighted by Crippen LogP contribution is -2.54. The summed E-state index contributed by atoms with van der Waals surface area (Å²) in [6.45, 7) is 7.31. The number of benzene rings is 1. The molecule has 1 unspecified atom stereocenters. The van der Waals surface area contributed by atoms with E-state index in [1.165, 1.54) is 5.56 Å². The van der Waals surface area contributed by atoms with E-state index < -0.39 is 5.41 Å². The number of piperidine rings is 2.